The van der Waals surface area contributed by atoms with Gasteiger partial charge in [0, 0.05) is 5.69 Å². The number of hydrogen-bond donors (Lipinski definition) is 3. The summed E-state index contributed by atoms with van der Waals surface area (Å²) in [6.07, 6.45) is 0.973. The van der Waals surface area contributed by atoms with Gasteiger partial charge < -0.3 is 15.7 Å². The van der Waals surface area contributed by atoms with Gasteiger partial charge in [0.05, 0.1) is 0 Å². The van der Waals surface area contributed by atoms with Crippen LogP contribution < -0.4 is 10.6 Å². The van der Waals surface area contributed by atoms with Crippen molar-refractivity contribution < 1.29 is 19.1 Å². The average Bonchev–Trinajstić information content (AvgIpc) is 2.26. The minimum absolute atomic E-state index is 0.288. The predicted molar refractivity (Wildman–Crippen MR) is 69.6 cm³/mol. The Hall–Kier alpha value is -2.11. The van der Waals surface area contributed by atoms with E-state index in [0.29, 0.717) is 18.4 Å². The predicted octanol–water partition coefficient (Wildman–Crippen LogP) is 2.51. The molecule has 1 aromatic rings. The molecule has 6 heteroatoms. The fraction of sp³-hybridized carbons (Fsp3) is 0.385. The molecule has 19 heavy (non-hydrogen) atoms. The number of amides is 2. The molecule has 0 aromatic heterocycles. The molecule has 0 saturated heterocycles. The standard InChI is InChI=1S/C13H17FN2O3/c1-3-4-11(12(17)18)16-13(19)15-10-6-8(2)5-9(14)7-10/h5-7,11H,3-4H2,1-2H3,(H,17,18)(H2,15,16,19)/t11-/m0/s1. The van der Waals surface area contributed by atoms with E-state index in [0.717, 1.165) is 0 Å². The van der Waals surface area contributed by atoms with Gasteiger partial charge in [0.25, 0.3) is 0 Å². The number of anilines is 1. The van der Waals surface area contributed by atoms with Crippen molar-refractivity contribution >= 4 is 17.7 Å². The zero-order chi connectivity index (χ0) is 14.4. The van der Waals surface area contributed by atoms with E-state index in [2.05, 4.69) is 10.6 Å². The van der Waals surface area contributed by atoms with E-state index in [-0.39, 0.29) is 5.69 Å². The first kappa shape index (κ1) is 14.9. The van der Waals surface area contributed by atoms with Gasteiger partial charge in [-0.05, 0) is 37.1 Å². The van der Waals surface area contributed by atoms with Crippen molar-refractivity contribution in [2.24, 2.45) is 0 Å². The molecule has 1 aromatic carbocycles. The topological polar surface area (TPSA) is 78.4 Å². The van der Waals surface area contributed by atoms with Crippen LogP contribution in [0.1, 0.15) is 25.3 Å². The van der Waals surface area contributed by atoms with Gasteiger partial charge in [-0.15, -0.1) is 0 Å². The second kappa shape index (κ2) is 6.72. The van der Waals surface area contributed by atoms with E-state index >= 15 is 0 Å². The van der Waals surface area contributed by atoms with Crippen LogP contribution in [0, 0.1) is 12.7 Å². The lowest BCUT2D eigenvalue weighted by atomic mass is 10.2. The smallest absolute Gasteiger partial charge is 0.326 e. The van der Waals surface area contributed by atoms with Crippen LogP contribution in [0.25, 0.3) is 0 Å². The number of carboxylic acids is 1. The number of carboxylic acid groups (broad SMARTS) is 1. The first-order chi connectivity index (χ1) is 8.92. The molecule has 104 valence electrons. The summed E-state index contributed by atoms with van der Waals surface area (Å²) >= 11 is 0. The highest BCUT2D eigenvalue weighted by Crippen LogP contribution is 2.13. The van der Waals surface area contributed by atoms with Crippen LogP contribution in [-0.2, 0) is 4.79 Å². The molecule has 2 amide bonds. The molecular formula is C13H17FN2O3. The molecule has 0 aliphatic carbocycles. The van der Waals surface area contributed by atoms with Crippen molar-refractivity contribution in [3.8, 4) is 0 Å². The first-order valence-electron chi connectivity index (χ1n) is 6.00. The lowest BCUT2D eigenvalue weighted by molar-refractivity contribution is -0.139. The van der Waals surface area contributed by atoms with Gasteiger partial charge in [-0.2, -0.15) is 0 Å². The van der Waals surface area contributed by atoms with Crippen molar-refractivity contribution in [2.45, 2.75) is 32.7 Å². The van der Waals surface area contributed by atoms with Crippen molar-refractivity contribution in [3.63, 3.8) is 0 Å². The maximum atomic E-state index is 13.1. The van der Waals surface area contributed by atoms with Gasteiger partial charge in [-0.1, -0.05) is 13.3 Å². The minimum Gasteiger partial charge on any atom is -0.480 e. The molecule has 3 N–H and O–H groups in total. The van der Waals surface area contributed by atoms with E-state index in [1.165, 1.54) is 12.1 Å². The summed E-state index contributed by atoms with van der Waals surface area (Å²) in [4.78, 5) is 22.5. The normalized spacial score (nSPS) is 11.7. The third kappa shape index (κ3) is 4.95. The molecule has 0 aliphatic rings. The van der Waals surface area contributed by atoms with Crippen LogP contribution in [0.3, 0.4) is 0 Å². The first-order valence-corrected chi connectivity index (χ1v) is 6.00. The second-order valence-corrected chi connectivity index (χ2v) is 4.30. The Morgan fingerprint density at radius 1 is 1.37 bits per heavy atom. The number of carbonyl (C=O) groups excluding carboxylic acids is 1. The van der Waals surface area contributed by atoms with Crippen LogP contribution in [0.5, 0.6) is 0 Å². The third-order valence-electron chi connectivity index (χ3n) is 2.48. The Balaban J connectivity index is 2.66. The SMILES string of the molecule is CCC[C@H](NC(=O)Nc1cc(C)cc(F)c1)C(=O)O. The van der Waals surface area contributed by atoms with E-state index < -0.39 is 23.9 Å². The fourth-order valence-corrected chi connectivity index (χ4v) is 1.68. The van der Waals surface area contributed by atoms with Crippen LogP contribution in [0.4, 0.5) is 14.9 Å². The highest BCUT2D eigenvalue weighted by molar-refractivity contribution is 5.92. The lowest BCUT2D eigenvalue weighted by Gasteiger charge is -2.14. The van der Waals surface area contributed by atoms with Gasteiger partial charge in [-0.25, -0.2) is 14.0 Å². The number of nitrogens with one attached hydrogen (secondary N) is 2. The fourth-order valence-electron chi connectivity index (χ4n) is 1.68. The number of aliphatic carboxylic acids is 1. The number of rotatable bonds is 5. The van der Waals surface area contributed by atoms with Crippen LogP contribution in [0.15, 0.2) is 18.2 Å². The van der Waals surface area contributed by atoms with Crippen LogP contribution in [-0.4, -0.2) is 23.1 Å². The van der Waals surface area contributed by atoms with Crippen molar-refractivity contribution in [3.05, 3.63) is 29.6 Å². The Bertz CT molecular complexity index is 457. The summed E-state index contributed by atoms with van der Waals surface area (Å²) in [6, 6.07) is 2.49. The molecule has 0 saturated carbocycles. The summed E-state index contributed by atoms with van der Waals surface area (Å²) < 4.78 is 13.1. The molecule has 5 nitrogen and oxygen atoms in total. The Morgan fingerprint density at radius 2 is 2.05 bits per heavy atom. The largest absolute Gasteiger partial charge is 0.480 e. The highest BCUT2D eigenvalue weighted by atomic mass is 19.1. The Kier molecular flexibility index (Phi) is 5.29. The van der Waals surface area contributed by atoms with Crippen LogP contribution in [0.2, 0.25) is 0 Å². The zero-order valence-corrected chi connectivity index (χ0v) is 10.9. The molecule has 0 bridgehead atoms. The Morgan fingerprint density at radius 3 is 2.58 bits per heavy atom. The van der Waals surface area contributed by atoms with Gasteiger partial charge >= 0.3 is 12.0 Å². The zero-order valence-electron chi connectivity index (χ0n) is 10.9. The monoisotopic (exact) mass is 268 g/mol. The highest BCUT2D eigenvalue weighted by Gasteiger charge is 2.18. The minimum atomic E-state index is -1.09. The van der Waals surface area contributed by atoms with Gasteiger partial charge in [-0.3, -0.25) is 0 Å². The lowest BCUT2D eigenvalue weighted by Crippen LogP contribution is -2.42. The molecular weight excluding hydrogens is 251 g/mol. The molecule has 0 radical (unpaired) electrons. The number of benzene rings is 1. The Labute approximate surface area is 110 Å². The van der Waals surface area contributed by atoms with E-state index in [9.17, 15) is 14.0 Å². The molecule has 1 atom stereocenters. The molecule has 0 unspecified atom stereocenters. The van der Waals surface area contributed by atoms with E-state index in [4.69, 9.17) is 5.11 Å². The van der Waals surface area contributed by atoms with Gasteiger partial charge in [0.2, 0.25) is 0 Å². The third-order valence-corrected chi connectivity index (χ3v) is 2.48. The van der Waals surface area contributed by atoms with Gasteiger partial charge in [0.15, 0.2) is 0 Å². The molecule has 0 heterocycles. The molecule has 0 aliphatic heterocycles. The van der Waals surface area contributed by atoms with Crippen molar-refractivity contribution in [2.75, 3.05) is 5.32 Å². The summed E-state index contributed by atoms with van der Waals surface area (Å²) in [7, 11) is 0. The quantitative estimate of drug-likeness (QED) is 0.767. The molecule has 1 rings (SSSR count). The summed E-state index contributed by atoms with van der Waals surface area (Å²) in [5.74, 6) is -1.55. The number of halogens is 1. The average molecular weight is 268 g/mol. The summed E-state index contributed by atoms with van der Waals surface area (Å²) in [5, 5.41) is 13.7. The van der Waals surface area contributed by atoms with Crippen molar-refractivity contribution in [1.82, 2.24) is 5.32 Å². The van der Waals surface area contributed by atoms with E-state index in [1.54, 1.807) is 13.0 Å². The maximum absolute atomic E-state index is 13.1. The van der Waals surface area contributed by atoms with Crippen LogP contribution >= 0.6 is 0 Å². The van der Waals surface area contributed by atoms with E-state index in [1.807, 2.05) is 6.92 Å². The van der Waals surface area contributed by atoms with Crippen molar-refractivity contribution in [1.29, 1.82) is 0 Å². The second-order valence-electron chi connectivity index (χ2n) is 4.30. The number of urea groups is 1. The maximum Gasteiger partial charge on any atom is 0.326 e. The molecule has 0 fully saturated rings. The number of carbonyl (C=O) groups is 2. The summed E-state index contributed by atoms with van der Waals surface area (Å²) in [6.45, 7) is 3.52. The number of hydrogen-bond acceptors (Lipinski definition) is 2. The molecule has 0 spiro atoms. The van der Waals surface area contributed by atoms with Gasteiger partial charge in [0.1, 0.15) is 11.9 Å². The summed E-state index contributed by atoms with van der Waals surface area (Å²) in [5.41, 5.74) is 0.953. The number of aryl methyl sites for hydroxylation is 1.